The van der Waals surface area contributed by atoms with Gasteiger partial charge in [0.15, 0.2) is 0 Å². The molecule has 0 aliphatic rings. The Bertz CT molecular complexity index is 96.4. The van der Waals surface area contributed by atoms with Crippen molar-refractivity contribution in [1.29, 1.82) is 0 Å². The van der Waals surface area contributed by atoms with Crippen LogP contribution in [0.2, 0.25) is 0 Å². The molecule has 0 saturated heterocycles. The molecular weight excluding hydrogens is 172 g/mol. The Balaban J connectivity index is 0. The SMILES string of the molecule is CC(=O)[O-].CC[C](=O)[Cu+]. The van der Waals surface area contributed by atoms with Gasteiger partial charge in [-0.1, -0.05) is 0 Å². The predicted octanol–water partition coefficient (Wildman–Crippen LogP) is -0.774. The average Bonchev–Trinajstić information content (AvgIpc) is 1.65. The van der Waals surface area contributed by atoms with Gasteiger partial charge in [0.2, 0.25) is 0 Å². The van der Waals surface area contributed by atoms with Crippen LogP contribution >= 0.6 is 0 Å². The van der Waals surface area contributed by atoms with Crippen molar-refractivity contribution in [2.24, 2.45) is 0 Å². The molecule has 0 rings (SSSR count). The second-order valence-electron chi connectivity index (χ2n) is 1.16. The van der Waals surface area contributed by atoms with E-state index in [4.69, 9.17) is 9.90 Å². The summed E-state index contributed by atoms with van der Waals surface area (Å²) in [6, 6.07) is 0. The molecular formula is C5H8CuO3. The Morgan fingerprint density at radius 2 is 1.67 bits per heavy atom. The summed E-state index contributed by atoms with van der Waals surface area (Å²) in [5, 5.41) is 8.89. The number of carbonyl (C=O) groups excluding carboxylic acids is 2. The monoisotopic (exact) mass is 179 g/mol. The average molecular weight is 180 g/mol. The fourth-order valence-corrected chi connectivity index (χ4v) is 0. The van der Waals surface area contributed by atoms with Gasteiger partial charge in [-0.2, -0.15) is 0 Å². The minimum absolute atomic E-state index is 0.183. The number of hydrogen-bond acceptors (Lipinski definition) is 3. The van der Waals surface area contributed by atoms with Gasteiger partial charge in [0.1, 0.15) is 0 Å². The van der Waals surface area contributed by atoms with Crippen molar-refractivity contribution < 1.29 is 30.7 Å². The first-order valence-corrected chi connectivity index (χ1v) is 2.79. The number of carboxylic acids is 1. The van der Waals surface area contributed by atoms with E-state index in [1.54, 1.807) is 6.92 Å². The summed E-state index contributed by atoms with van der Waals surface area (Å²) >= 11 is 4.27. The molecule has 0 aliphatic carbocycles. The van der Waals surface area contributed by atoms with Gasteiger partial charge in [-0.15, -0.1) is 0 Å². The van der Waals surface area contributed by atoms with Gasteiger partial charge in [0, 0.05) is 5.97 Å². The van der Waals surface area contributed by atoms with E-state index in [1.807, 2.05) is 0 Å². The zero-order chi connectivity index (χ0) is 7.86. The van der Waals surface area contributed by atoms with Crippen LogP contribution in [-0.2, 0) is 25.6 Å². The molecule has 0 aromatic carbocycles. The number of carboxylic acid groups (broad SMARTS) is 1. The third kappa shape index (κ3) is 89.1. The van der Waals surface area contributed by atoms with Gasteiger partial charge >= 0.3 is 38.8 Å². The topological polar surface area (TPSA) is 57.2 Å². The van der Waals surface area contributed by atoms with Crippen LogP contribution in [0, 0.1) is 0 Å². The summed E-state index contributed by atoms with van der Waals surface area (Å²) in [6.45, 7) is 2.71. The van der Waals surface area contributed by atoms with E-state index in [9.17, 15) is 4.79 Å². The molecule has 0 bridgehead atoms. The van der Waals surface area contributed by atoms with E-state index < -0.39 is 5.97 Å². The number of hydrogen-bond donors (Lipinski definition) is 0. The molecule has 0 aromatic rings. The van der Waals surface area contributed by atoms with Crippen molar-refractivity contribution in [3.8, 4) is 0 Å². The summed E-state index contributed by atoms with van der Waals surface area (Å²) in [4.78, 5) is 18.5. The molecule has 3 nitrogen and oxygen atoms in total. The van der Waals surface area contributed by atoms with E-state index in [0.29, 0.717) is 6.42 Å². The fourth-order valence-electron chi connectivity index (χ4n) is 0. The molecule has 0 aromatic heterocycles. The first-order valence-electron chi connectivity index (χ1n) is 2.32. The van der Waals surface area contributed by atoms with Crippen LogP contribution in [0.3, 0.4) is 0 Å². The first kappa shape index (κ1) is 11.5. The fraction of sp³-hybridized carbons (Fsp3) is 0.600. The molecule has 4 heteroatoms. The maximum absolute atomic E-state index is 9.62. The van der Waals surface area contributed by atoms with E-state index in [2.05, 4.69) is 16.0 Å². The molecule has 0 aliphatic heterocycles. The molecule has 0 radical (unpaired) electrons. The third-order valence-corrected chi connectivity index (χ3v) is 0.584. The Hall–Kier alpha value is -0.341. The van der Waals surface area contributed by atoms with Crippen LogP contribution in [-0.4, -0.2) is 10.7 Å². The second kappa shape index (κ2) is 7.66. The minimum atomic E-state index is -1.08. The molecule has 0 heterocycles. The molecule has 0 unspecified atom stereocenters. The van der Waals surface area contributed by atoms with Crippen molar-refractivity contribution in [1.82, 2.24) is 0 Å². The maximum atomic E-state index is 9.62. The van der Waals surface area contributed by atoms with Gasteiger partial charge in [-0.3, -0.25) is 0 Å². The van der Waals surface area contributed by atoms with Crippen LogP contribution < -0.4 is 5.11 Å². The van der Waals surface area contributed by atoms with Gasteiger partial charge in [-0.25, -0.2) is 0 Å². The Morgan fingerprint density at radius 1 is 1.56 bits per heavy atom. The van der Waals surface area contributed by atoms with Crippen LogP contribution in [0.15, 0.2) is 0 Å². The van der Waals surface area contributed by atoms with Crippen molar-refractivity contribution in [3.05, 3.63) is 0 Å². The number of rotatable bonds is 1. The van der Waals surface area contributed by atoms with Crippen LogP contribution in [0.25, 0.3) is 0 Å². The number of aliphatic carboxylic acids is 1. The van der Waals surface area contributed by atoms with Crippen molar-refractivity contribution in [3.63, 3.8) is 0 Å². The van der Waals surface area contributed by atoms with E-state index in [1.165, 1.54) is 0 Å². The normalized spacial score (nSPS) is 7.11. The first-order chi connectivity index (χ1) is 4.00. The summed E-state index contributed by atoms with van der Waals surface area (Å²) < 4.78 is -0.183. The Labute approximate surface area is 62.3 Å². The van der Waals surface area contributed by atoms with E-state index >= 15 is 0 Å². The molecule has 0 atom stereocenters. The number of carbonyl (C=O) groups is 2. The molecule has 57 valence electrons. The van der Waals surface area contributed by atoms with Gasteiger partial charge in [-0.05, 0) is 6.92 Å². The Kier molecular flexibility index (Phi) is 9.75. The van der Waals surface area contributed by atoms with E-state index in [-0.39, 0.29) is 4.68 Å². The zero-order valence-electron chi connectivity index (χ0n) is 5.23. The van der Waals surface area contributed by atoms with Crippen molar-refractivity contribution in [2.45, 2.75) is 20.3 Å². The van der Waals surface area contributed by atoms with E-state index in [0.717, 1.165) is 6.92 Å². The molecule has 0 N–H and O–H groups in total. The van der Waals surface area contributed by atoms with Crippen molar-refractivity contribution in [2.75, 3.05) is 0 Å². The second-order valence-corrected chi connectivity index (χ2v) is 1.68. The summed E-state index contributed by atoms with van der Waals surface area (Å²) in [6.07, 6.45) is 0.472. The van der Waals surface area contributed by atoms with Gasteiger partial charge < -0.3 is 9.90 Å². The standard InChI is InChI=1S/C3H5O.C2H4O2.Cu/c1-2-3-4;1-2(3)4;/h2H2,1H3;1H3,(H,3,4);/q;;+1/p-1. The molecule has 0 amide bonds. The quantitative estimate of drug-likeness (QED) is 0.497. The zero-order valence-corrected chi connectivity index (χ0v) is 6.18. The molecule has 0 saturated carbocycles. The van der Waals surface area contributed by atoms with Crippen LogP contribution in [0.4, 0.5) is 0 Å². The predicted molar refractivity (Wildman–Crippen MR) is 26.0 cm³/mol. The Morgan fingerprint density at radius 3 is 1.67 bits per heavy atom. The van der Waals surface area contributed by atoms with Crippen LogP contribution in [0.5, 0.6) is 0 Å². The summed E-state index contributed by atoms with van der Waals surface area (Å²) in [7, 11) is 0. The third-order valence-electron chi connectivity index (χ3n) is 0.251. The molecule has 9 heavy (non-hydrogen) atoms. The molecule has 0 spiro atoms. The molecule has 0 fully saturated rings. The summed E-state index contributed by atoms with van der Waals surface area (Å²) in [5.74, 6) is -1.08. The van der Waals surface area contributed by atoms with Gasteiger partial charge in [0.05, 0.1) is 0 Å². The van der Waals surface area contributed by atoms with Crippen LogP contribution in [0.1, 0.15) is 20.3 Å². The van der Waals surface area contributed by atoms with Gasteiger partial charge in [0.25, 0.3) is 0 Å². The summed E-state index contributed by atoms with van der Waals surface area (Å²) in [5.41, 5.74) is 0. The van der Waals surface area contributed by atoms with Crippen molar-refractivity contribution >= 4 is 10.7 Å².